The second-order valence-corrected chi connectivity index (χ2v) is 9.72. The molecule has 0 amide bonds. The van der Waals surface area contributed by atoms with Crippen molar-refractivity contribution in [2.75, 3.05) is 0 Å². The monoisotopic (exact) mass is 462 g/mol. The Morgan fingerprint density at radius 3 is 0.773 bits per heavy atom. The Balaban J connectivity index is -0.000000124. The van der Waals surface area contributed by atoms with Crippen molar-refractivity contribution in [1.29, 1.82) is 0 Å². The maximum atomic E-state index is 6.94. The molecule has 0 aromatic rings. The third kappa shape index (κ3) is 99.7. The van der Waals surface area contributed by atoms with Crippen molar-refractivity contribution in [2.24, 2.45) is 0 Å². The summed E-state index contributed by atoms with van der Waals surface area (Å²) in [5.41, 5.74) is -0.638. The molecule has 0 aromatic heterocycles. The van der Waals surface area contributed by atoms with Gasteiger partial charge in [0, 0.05) is 77.1 Å². The zero-order chi connectivity index (χ0) is 18.1. The number of hydrogen-bond acceptors (Lipinski definition) is 2. The first-order valence-electron chi connectivity index (χ1n) is 7.38. The number of rotatable bonds is 2. The Labute approximate surface area is 173 Å². The van der Waals surface area contributed by atoms with Gasteiger partial charge >= 0.3 is 0 Å². The van der Waals surface area contributed by atoms with Gasteiger partial charge in [0.15, 0.2) is 11.2 Å². The second-order valence-electron chi connectivity index (χ2n) is 9.06. The summed E-state index contributed by atoms with van der Waals surface area (Å²) in [7, 11) is 0. The first kappa shape index (κ1) is 31.3. The molecule has 0 saturated carbocycles. The van der Waals surface area contributed by atoms with Gasteiger partial charge < -0.3 is 17.8 Å². The van der Waals surface area contributed by atoms with Crippen LogP contribution in [-0.2, 0) is 7.58 Å². The molecule has 0 bridgehead atoms. The molecular weight excluding hydrogens is 422 g/mol. The summed E-state index contributed by atoms with van der Waals surface area (Å²) in [6, 6.07) is 0. The average molecular weight is 462 g/mol. The zero-order valence-electron chi connectivity index (χ0n) is 17.0. The summed E-state index contributed by atoms with van der Waals surface area (Å²) in [4.78, 5) is 0. The van der Waals surface area contributed by atoms with Crippen LogP contribution < -0.4 is 0 Å². The molecule has 0 unspecified atom stereocenters. The molecule has 0 saturated heterocycles. The molecule has 0 fully saturated rings. The Morgan fingerprint density at radius 2 is 0.682 bits per heavy atom. The first-order valence-corrected chi connectivity index (χ1v) is 8.32. The molecule has 0 aliphatic rings. The second kappa shape index (κ2) is 12.9. The normalized spacial score (nSPS) is 12.3. The summed E-state index contributed by atoms with van der Waals surface area (Å²) < 4.78 is 10.9. The van der Waals surface area contributed by atoms with E-state index in [-0.39, 0.29) is 73.9 Å². The van der Waals surface area contributed by atoms with E-state index in [2.05, 4.69) is 0 Å². The van der Waals surface area contributed by atoms with Gasteiger partial charge in [-0.25, -0.2) is 0 Å². The molecule has 0 aromatic carbocycles. The van der Waals surface area contributed by atoms with Crippen molar-refractivity contribution >= 4 is 15.9 Å². The predicted octanol–water partition coefficient (Wildman–Crippen LogP) is 3.17. The van der Waals surface area contributed by atoms with E-state index in [4.69, 9.17) is 17.8 Å². The SMILES string of the molecule is CC(C)(C)[OH2+].CC(C)(C)[OH2+].CC(C)(C)[O][Al-][O]C(C)(C)C.[La]. The fraction of sp³-hybridized carbons (Fsp3) is 1.00. The molecule has 22 heavy (non-hydrogen) atoms. The van der Waals surface area contributed by atoms with Crippen LogP contribution in [0.2, 0.25) is 0 Å². The van der Waals surface area contributed by atoms with Gasteiger partial charge in [0.2, 0.25) is 0 Å². The maximum Gasteiger partial charge on any atom is 0.154 e. The van der Waals surface area contributed by atoms with Gasteiger partial charge in [-0.1, -0.05) is 0 Å². The summed E-state index contributed by atoms with van der Waals surface area (Å²) in [6.07, 6.45) is 0. The molecule has 0 aliphatic heterocycles. The van der Waals surface area contributed by atoms with E-state index in [9.17, 15) is 0 Å². The third-order valence-electron chi connectivity index (χ3n) is 0.803. The zero-order valence-corrected chi connectivity index (χ0v) is 21.8. The molecular formula is C16H40AlLaO4+. The van der Waals surface area contributed by atoms with Crippen LogP contribution in [0.25, 0.3) is 0 Å². The third-order valence-corrected chi connectivity index (χ3v) is 2.41. The van der Waals surface area contributed by atoms with Gasteiger partial charge in [-0.15, -0.1) is 0 Å². The van der Waals surface area contributed by atoms with Gasteiger partial charge in [0.25, 0.3) is 0 Å². The van der Waals surface area contributed by atoms with E-state index in [1.54, 1.807) is 0 Å². The Kier molecular flexibility index (Phi) is 18.3. The van der Waals surface area contributed by atoms with Crippen LogP contribution in [0.1, 0.15) is 83.1 Å². The standard InChI is InChI=1S/2C4H10O.2C4H9O.Al.La/c4*1-4(2,3)5;;/h2*5H,1-3H3;2*1-3H3;;/q;;2*-1;+1;/p+2. The Bertz CT molecular complexity index is 207. The number of hydrogen-bond donors (Lipinski definition) is 0. The molecule has 133 valence electrons. The van der Waals surface area contributed by atoms with Gasteiger partial charge in [0.05, 0.1) is 0 Å². The summed E-state index contributed by atoms with van der Waals surface area (Å²) in [5, 5.41) is 13.9. The molecule has 4 N–H and O–H groups in total. The molecule has 6 heteroatoms. The van der Waals surface area contributed by atoms with Crippen LogP contribution in [0.4, 0.5) is 0 Å². The van der Waals surface area contributed by atoms with Crippen molar-refractivity contribution in [2.45, 2.75) is 105 Å². The topological polar surface area (TPSA) is 64.3 Å². The van der Waals surface area contributed by atoms with E-state index in [0.29, 0.717) is 0 Å². The van der Waals surface area contributed by atoms with Crippen LogP contribution in [0.15, 0.2) is 0 Å². The minimum absolute atomic E-state index is 0. The summed E-state index contributed by atoms with van der Waals surface area (Å²) in [5.74, 6) is 0. The molecule has 0 aliphatic carbocycles. The first-order chi connectivity index (χ1) is 8.71. The van der Waals surface area contributed by atoms with Gasteiger partial charge in [-0.05, 0) is 52.7 Å². The van der Waals surface area contributed by atoms with E-state index < -0.39 is 0 Å². The van der Waals surface area contributed by atoms with Crippen LogP contribution in [-0.4, -0.2) is 48.5 Å². The van der Waals surface area contributed by atoms with Gasteiger partial charge in [0.1, 0.15) is 15.9 Å². The van der Waals surface area contributed by atoms with Crippen LogP contribution in [0.3, 0.4) is 0 Å². The van der Waals surface area contributed by atoms with E-state index in [1.165, 1.54) is 0 Å². The fourth-order valence-electron chi connectivity index (χ4n) is 0.313. The van der Waals surface area contributed by atoms with Crippen molar-refractivity contribution in [3.05, 3.63) is 0 Å². The van der Waals surface area contributed by atoms with E-state index >= 15 is 0 Å². The van der Waals surface area contributed by atoms with Crippen LogP contribution in [0, 0.1) is 35.6 Å². The molecule has 0 atom stereocenters. The summed E-state index contributed by atoms with van der Waals surface area (Å²) in [6.45, 7) is 23.3. The van der Waals surface area contributed by atoms with Gasteiger partial charge in [-0.2, -0.15) is 0 Å². The van der Waals surface area contributed by atoms with E-state index in [1.807, 2.05) is 83.1 Å². The molecule has 4 nitrogen and oxygen atoms in total. The Hall–Kier alpha value is 1.57. The molecule has 0 spiro atoms. The fourth-order valence-corrected chi connectivity index (χ4v) is 0.938. The van der Waals surface area contributed by atoms with Crippen molar-refractivity contribution in [3.8, 4) is 0 Å². The maximum absolute atomic E-state index is 6.94. The van der Waals surface area contributed by atoms with Crippen LogP contribution in [0.5, 0.6) is 0 Å². The molecule has 3 radical (unpaired) electrons. The summed E-state index contributed by atoms with van der Waals surface area (Å²) >= 11 is -0.331. The minimum Gasteiger partial charge on any atom is -0.675 e. The van der Waals surface area contributed by atoms with Crippen LogP contribution >= 0.6 is 0 Å². The average Bonchev–Trinajstić information content (AvgIpc) is 1.89. The van der Waals surface area contributed by atoms with Crippen molar-refractivity contribution in [1.82, 2.24) is 0 Å². The predicted molar refractivity (Wildman–Crippen MR) is 94.2 cm³/mol. The molecule has 0 rings (SSSR count). The van der Waals surface area contributed by atoms with Gasteiger partial charge in [-0.3, -0.25) is 0 Å². The van der Waals surface area contributed by atoms with Crippen molar-refractivity contribution in [3.63, 3.8) is 0 Å². The van der Waals surface area contributed by atoms with E-state index in [0.717, 1.165) is 0 Å². The quantitative estimate of drug-likeness (QED) is 0.468. The minimum atomic E-state index is -0.331. The largest absolute Gasteiger partial charge is 0.675 e. The smallest absolute Gasteiger partial charge is 0.154 e. The van der Waals surface area contributed by atoms with Crippen molar-refractivity contribution < 1.29 is 53.4 Å². The Morgan fingerprint density at radius 1 is 0.545 bits per heavy atom. The molecule has 0 heterocycles.